The molecule has 0 fully saturated rings. The van der Waals surface area contributed by atoms with Crippen LogP contribution in [0.25, 0.3) is 11.4 Å². The van der Waals surface area contributed by atoms with Crippen molar-refractivity contribution < 1.29 is 58.9 Å². The van der Waals surface area contributed by atoms with Crippen molar-refractivity contribution in [3.05, 3.63) is 77.4 Å². The van der Waals surface area contributed by atoms with Gasteiger partial charge in [-0.25, -0.2) is 9.37 Å². The maximum atomic E-state index is 13.7. The molecule has 3 rings (SSSR count). The molecule has 0 unspecified atom stereocenters. The number of aliphatic hydroxyl groups is 2. The smallest absolute Gasteiger partial charge is 0.550 e. The zero-order valence-electron chi connectivity index (χ0n) is 23.6. The van der Waals surface area contributed by atoms with Crippen LogP contribution < -0.4 is 40.0 Å². The van der Waals surface area contributed by atoms with E-state index in [2.05, 4.69) is 5.32 Å². The van der Waals surface area contributed by atoms with Gasteiger partial charge in [-0.3, -0.25) is 4.79 Å². The minimum absolute atomic E-state index is 0. The summed E-state index contributed by atoms with van der Waals surface area (Å²) in [6.45, 7) is 6.08. The number of aliphatic hydroxyl groups excluding tert-OH is 2. The van der Waals surface area contributed by atoms with E-state index in [-0.39, 0.29) is 72.5 Å². The van der Waals surface area contributed by atoms with Crippen LogP contribution in [0.15, 0.2) is 54.6 Å². The number of aromatic nitrogens is 2. The Morgan fingerprint density at radius 1 is 1.00 bits per heavy atom. The van der Waals surface area contributed by atoms with E-state index in [4.69, 9.17) is 4.98 Å². The van der Waals surface area contributed by atoms with Crippen LogP contribution in [0.3, 0.4) is 0 Å². The van der Waals surface area contributed by atoms with E-state index in [9.17, 15) is 29.3 Å². The fraction of sp³-hybridized carbons (Fsp3) is 0.433. The van der Waals surface area contributed by atoms with Gasteiger partial charge in [-0.05, 0) is 68.4 Å². The molecule has 3 N–H and O–H groups in total. The van der Waals surface area contributed by atoms with Crippen LogP contribution in [0.2, 0.25) is 0 Å². The molecule has 0 radical (unpaired) electrons. The number of aliphatic carboxylic acids is 1. The largest absolute Gasteiger partial charge is 1.00 e. The van der Waals surface area contributed by atoms with Crippen molar-refractivity contribution in [2.45, 2.75) is 83.6 Å². The summed E-state index contributed by atoms with van der Waals surface area (Å²) >= 11 is 0. The van der Waals surface area contributed by atoms with E-state index in [1.54, 1.807) is 12.1 Å². The monoisotopic (exact) mass is 561 g/mol. The molecule has 1 amide bonds. The second-order valence-electron chi connectivity index (χ2n) is 10.3. The van der Waals surface area contributed by atoms with Crippen molar-refractivity contribution in [3.8, 4) is 11.4 Å². The van der Waals surface area contributed by atoms with Crippen LogP contribution >= 0.6 is 0 Å². The number of carboxylic acids is 1. The van der Waals surface area contributed by atoms with Crippen molar-refractivity contribution in [2.24, 2.45) is 0 Å². The number of benzene rings is 2. The number of carbonyl (C=O) groups is 2. The number of carboxylic acid groups (broad SMARTS) is 1. The molecule has 3 atom stereocenters. The number of amides is 1. The number of hydrogen-bond acceptors (Lipinski definition) is 6. The number of carbonyl (C=O) groups excluding carboxylic acids is 2. The molecule has 1 heterocycles. The summed E-state index contributed by atoms with van der Waals surface area (Å²) in [5.41, 5.74) is 2.74. The van der Waals surface area contributed by atoms with Gasteiger partial charge >= 0.3 is 29.6 Å². The Balaban J connectivity index is 0.00000560. The van der Waals surface area contributed by atoms with Gasteiger partial charge in [-0.2, -0.15) is 0 Å². The number of hydrogen-bond donors (Lipinski definition) is 3. The first-order valence-corrected chi connectivity index (χ1v) is 13.3. The van der Waals surface area contributed by atoms with E-state index in [1.807, 2.05) is 55.7 Å². The predicted molar refractivity (Wildman–Crippen MR) is 144 cm³/mol. The summed E-state index contributed by atoms with van der Waals surface area (Å²) < 4.78 is 15.5. The maximum Gasteiger partial charge on any atom is 1.00 e. The van der Waals surface area contributed by atoms with Crippen LogP contribution in [0.1, 0.15) is 74.1 Å². The molecule has 10 heteroatoms. The first-order valence-electron chi connectivity index (χ1n) is 13.3. The summed E-state index contributed by atoms with van der Waals surface area (Å²) in [5, 5.41) is 34.1. The predicted octanol–water partition coefficient (Wildman–Crippen LogP) is 0.210. The average molecular weight is 562 g/mol. The average Bonchev–Trinajstić information content (AvgIpc) is 3.27. The molecule has 8 nitrogen and oxygen atoms in total. The Hall–Kier alpha value is -2.56. The molecule has 210 valence electrons. The van der Waals surface area contributed by atoms with Gasteiger partial charge in [0.15, 0.2) is 0 Å². The third-order valence-electron chi connectivity index (χ3n) is 6.59. The van der Waals surface area contributed by atoms with Crippen LogP contribution in [0.4, 0.5) is 4.39 Å². The normalized spacial score (nSPS) is 13.4. The molecule has 0 bridgehead atoms. The van der Waals surface area contributed by atoms with Gasteiger partial charge in [0.2, 0.25) is 0 Å². The quantitative estimate of drug-likeness (QED) is 0.242. The molecular weight excluding hydrogens is 524 g/mol. The molecule has 1 aromatic heterocycles. The van der Waals surface area contributed by atoms with Gasteiger partial charge in [0.25, 0.3) is 5.91 Å². The SMILES string of the molecule is CC(C)c1c(C(=O)N[C@@H](C)CCc2ccccc2)nc(-c2ccc(F)cc2)n1CC[C@@H](O)C[C@@H](O)CC(=O)[O-].[Na+]. The molecule has 0 saturated heterocycles. The van der Waals surface area contributed by atoms with Crippen LogP contribution in [-0.2, 0) is 17.8 Å². The summed E-state index contributed by atoms with van der Waals surface area (Å²) in [6.07, 6.45) is -1.16. The van der Waals surface area contributed by atoms with Crippen molar-refractivity contribution >= 4 is 11.9 Å². The van der Waals surface area contributed by atoms with Crippen LogP contribution in [-0.4, -0.2) is 49.9 Å². The van der Waals surface area contributed by atoms with E-state index < -0.39 is 30.4 Å². The van der Waals surface area contributed by atoms with Crippen molar-refractivity contribution in [1.29, 1.82) is 0 Å². The minimum Gasteiger partial charge on any atom is -0.550 e. The second-order valence-corrected chi connectivity index (χ2v) is 10.3. The Bertz CT molecular complexity index is 1230. The molecule has 0 spiro atoms. The van der Waals surface area contributed by atoms with Gasteiger partial charge in [0.05, 0.1) is 17.9 Å². The van der Waals surface area contributed by atoms with Gasteiger partial charge in [-0.1, -0.05) is 44.2 Å². The van der Waals surface area contributed by atoms with Crippen molar-refractivity contribution in [3.63, 3.8) is 0 Å². The van der Waals surface area contributed by atoms with E-state index in [1.165, 1.54) is 17.7 Å². The van der Waals surface area contributed by atoms with Crippen molar-refractivity contribution in [2.75, 3.05) is 0 Å². The van der Waals surface area contributed by atoms with E-state index in [0.717, 1.165) is 12.8 Å². The summed E-state index contributed by atoms with van der Waals surface area (Å²) in [7, 11) is 0. The fourth-order valence-corrected chi connectivity index (χ4v) is 4.64. The van der Waals surface area contributed by atoms with Gasteiger partial charge < -0.3 is 30.0 Å². The standard InChI is InChI=1S/C30H38FN3O5.Na/c1-19(2)28-27(30(39)32-20(3)9-10-21-7-5-4-6-8-21)33-29(22-11-13-23(31)14-12-22)34(28)16-15-24(35)17-25(36)18-26(37)38;/h4-8,11-14,19-20,24-25,35-36H,9-10,15-18H2,1-3H3,(H,32,39)(H,37,38);/q;+1/p-1/t20-,24+,25+;/m0./s1. The number of halogens is 1. The third-order valence-corrected chi connectivity index (χ3v) is 6.59. The zero-order valence-corrected chi connectivity index (χ0v) is 25.6. The first kappa shape index (κ1) is 33.6. The van der Waals surface area contributed by atoms with Gasteiger partial charge in [0, 0.05) is 30.5 Å². The topological polar surface area (TPSA) is 128 Å². The van der Waals surface area contributed by atoms with Gasteiger partial charge in [0.1, 0.15) is 17.3 Å². The molecule has 3 aromatic rings. The Kier molecular flexibility index (Phi) is 13.5. The second kappa shape index (κ2) is 16.0. The van der Waals surface area contributed by atoms with E-state index >= 15 is 0 Å². The molecule has 40 heavy (non-hydrogen) atoms. The van der Waals surface area contributed by atoms with Crippen molar-refractivity contribution in [1.82, 2.24) is 14.9 Å². The Labute approximate surface area is 256 Å². The first-order chi connectivity index (χ1) is 18.5. The molecular formula is C30H37FN3NaO5. The fourth-order valence-electron chi connectivity index (χ4n) is 4.64. The van der Waals surface area contributed by atoms with Crippen LogP contribution in [0.5, 0.6) is 0 Å². The van der Waals surface area contributed by atoms with E-state index in [0.29, 0.717) is 17.1 Å². The van der Waals surface area contributed by atoms with Crippen LogP contribution in [0, 0.1) is 5.82 Å². The summed E-state index contributed by atoms with van der Waals surface area (Å²) in [5.74, 6) is -1.75. The summed E-state index contributed by atoms with van der Waals surface area (Å²) in [6, 6.07) is 15.7. The minimum atomic E-state index is -1.39. The molecule has 0 aliphatic heterocycles. The molecule has 2 aromatic carbocycles. The summed E-state index contributed by atoms with van der Waals surface area (Å²) in [4.78, 5) is 28.9. The number of nitrogens with one attached hydrogen (secondary N) is 1. The number of nitrogens with zero attached hydrogens (tertiary/aromatic N) is 2. The Morgan fingerprint density at radius 2 is 1.65 bits per heavy atom. The molecule has 0 aliphatic rings. The van der Waals surface area contributed by atoms with Gasteiger partial charge in [-0.15, -0.1) is 0 Å². The number of aryl methyl sites for hydroxylation is 1. The Morgan fingerprint density at radius 3 is 2.25 bits per heavy atom. The number of imidazole rings is 1. The third kappa shape index (κ3) is 9.82. The number of rotatable bonds is 14. The maximum absolute atomic E-state index is 13.7. The molecule has 0 saturated carbocycles. The molecule has 0 aliphatic carbocycles. The zero-order chi connectivity index (χ0) is 28.5.